The molecule has 0 saturated carbocycles. The normalized spacial score (nSPS) is 16.8. The second-order valence-electron chi connectivity index (χ2n) is 7.19. The molecule has 0 aliphatic carbocycles. The number of likely N-dealkylation sites (N-methyl/N-ethyl adjacent to an activating group) is 1. The second-order valence-corrected chi connectivity index (χ2v) is 7.19. The minimum absolute atomic E-state index is 0.0333. The molecule has 0 radical (unpaired) electrons. The third-order valence-electron chi connectivity index (χ3n) is 4.75. The number of aliphatic hydroxyl groups is 1. The molecule has 1 aliphatic heterocycles. The lowest BCUT2D eigenvalue weighted by Gasteiger charge is -2.28. The SMILES string of the molecule is CCCOc1ccc([C@H]2C(C(=O)c3ccco3)=C(O)C(=O)N2CCN(C)C)cc1. The Balaban J connectivity index is 1.98. The fraction of sp³-hybridized carbons (Fsp3) is 0.364. The standard InChI is InChI=1S/C22H26N2O5/c1-4-13-28-16-9-7-15(8-10-16)19-18(20(25)17-6-5-14-29-17)21(26)22(27)24(19)12-11-23(2)3/h5-10,14,19,26H,4,11-13H2,1-3H3/t19-/m0/s1. The van der Waals surface area contributed by atoms with Gasteiger partial charge in [-0.3, -0.25) is 9.59 Å². The van der Waals surface area contributed by atoms with E-state index in [-0.39, 0.29) is 11.3 Å². The van der Waals surface area contributed by atoms with E-state index in [2.05, 4.69) is 0 Å². The van der Waals surface area contributed by atoms with E-state index < -0.39 is 23.5 Å². The van der Waals surface area contributed by atoms with E-state index in [1.54, 1.807) is 6.07 Å². The van der Waals surface area contributed by atoms with Crippen molar-refractivity contribution >= 4 is 11.7 Å². The van der Waals surface area contributed by atoms with Crippen LogP contribution in [0.4, 0.5) is 0 Å². The van der Waals surface area contributed by atoms with E-state index in [0.717, 1.165) is 12.0 Å². The molecule has 29 heavy (non-hydrogen) atoms. The molecule has 1 atom stereocenters. The zero-order valence-corrected chi connectivity index (χ0v) is 16.9. The molecule has 0 spiro atoms. The summed E-state index contributed by atoms with van der Waals surface area (Å²) in [4.78, 5) is 29.3. The Morgan fingerprint density at radius 1 is 1.24 bits per heavy atom. The Labute approximate surface area is 170 Å². The smallest absolute Gasteiger partial charge is 0.290 e. The maximum Gasteiger partial charge on any atom is 0.290 e. The molecular weight excluding hydrogens is 372 g/mol. The first-order valence-electron chi connectivity index (χ1n) is 9.63. The first-order valence-corrected chi connectivity index (χ1v) is 9.63. The summed E-state index contributed by atoms with van der Waals surface area (Å²) in [7, 11) is 3.80. The second kappa shape index (κ2) is 8.96. The number of hydrogen-bond acceptors (Lipinski definition) is 6. The highest BCUT2D eigenvalue weighted by atomic mass is 16.5. The lowest BCUT2D eigenvalue weighted by atomic mass is 9.95. The van der Waals surface area contributed by atoms with E-state index in [1.165, 1.54) is 17.2 Å². The van der Waals surface area contributed by atoms with Crippen LogP contribution >= 0.6 is 0 Å². The molecule has 2 aromatic rings. The van der Waals surface area contributed by atoms with Crippen LogP contribution in [0.5, 0.6) is 5.75 Å². The quantitative estimate of drug-likeness (QED) is 0.653. The Hall–Kier alpha value is -3.06. The average Bonchev–Trinajstić information content (AvgIpc) is 3.33. The van der Waals surface area contributed by atoms with E-state index >= 15 is 0 Å². The molecule has 7 nitrogen and oxygen atoms in total. The number of carbonyl (C=O) groups is 2. The lowest BCUT2D eigenvalue weighted by molar-refractivity contribution is -0.129. The van der Waals surface area contributed by atoms with Crippen LogP contribution in [-0.4, -0.2) is 60.4 Å². The van der Waals surface area contributed by atoms with E-state index in [4.69, 9.17) is 9.15 Å². The average molecular weight is 398 g/mol. The van der Waals surface area contributed by atoms with Crippen LogP contribution in [0.1, 0.15) is 35.5 Å². The first kappa shape index (κ1) is 20.7. The van der Waals surface area contributed by atoms with Crippen LogP contribution in [0, 0.1) is 0 Å². The van der Waals surface area contributed by atoms with Gasteiger partial charge < -0.3 is 24.1 Å². The number of amides is 1. The zero-order chi connectivity index (χ0) is 21.0. The van der Waals surface area contributed by atoms with Crippen molar-refractivity contribution in [1.82, 2.24) is 9.80 Å². The van der Waals surface area contributed by atoms with Gasteiger partial charge in [0.15, 0.2) is 11.5 Å². The van der Waals surface area contributed by atoms with Crippen LogP contribution in [0.2, 0.25) is 0 Å². The van der Waals surface area contributed by atoms with Gasteiger partial charge in [0.1, 0.15) is 5.75 Å². The number of benzene rings is 1. The van der Waals surface area contributed by atoms with Crippen LogP contribution < -0.4 is 4.74 Å². The Kier molecular flexibility index (Phi) is 6.39. The summed E-state index contributed by atoms with van der Waals surface area (Å²) >= 11 is 0. The molecule has 1 aliphatic rings. The van der Waals surface area contributed by atoms with Crippen LogP contribution in [0.25, 0.3) is 0 Å². The van der Waals surface area contributed by atoms with Crippen molar-refractivity contribution in [2.24, 2.45) is 0 Å². The zero-order valence-electron chi connectivity index (χ0n) is 16.9. The number of aliphatic hydroxyl groups excluding tert-OH is 1. The summed E-state index contributed by atoms with van der Waals surface area (Å²) in [6.45, 7) is 3.60. The topological polar surface area (TPSA) is 83.2 Å². The fourth-order valence-electron chi connectivity index (χ4n) is 3.28. The van der Waals surface area contributed by atoms with Gasteiger partial charge in [0, 0.05) is 13.1 Å². The molecule has 0 saturated heterocycles. The molecule has 154 valence electrons. The maximum absolute atomic E-state index is 13.0. The van der Waals surface area contributed by atoms with Gasteiger partial charge in [-0.05, 0) is 50.3 Å². The van der Waals surface area contributed by atoms with Gasteiger partial charge in [-0.15, -0.1) is 0 Å². The highest BCUT2D eigenvalue weighted by Crippen LogP contribution is 2.39. The molecule has 0 unspecified atom stereocenters. The molecular formula is C22H26N2O5. The highest BCUT2D eigenvalue weighted by Gasteiger charge is 2.44. The summed E-state index contributed by atoms with van der Waals surface area (Å²) in [5.74, 6) is -0.780. The third-order valence-corrected chi connectivity index (χ3v) is 4.75. The van der Waals surface area contributed by atoms with Crippen molar-refractivity contribution in [1.29, 1.82) is 0 Å². The summed E-state index contributed by atoms with van der Waals surface area (Å²) in [6, 6.07) is 9.68. The first-order chi connectivity index (χ1) is 13.9. The minimum Gasteiger partial charge on any atom is -0.503 e. The number of rotatable bonds is 9. The monoisotopic (exact) mass is 398 g/mol. The van der Waals surface area contributed by atoms with E-state index in [0.29, 0.717) is 25.4 Å². The van der Waals surface area contributed by atoms with Gasteiger partial charge in [0.2, 0.25) is 5.78 Å². The van der Waals surface area contributed by atoms with Crippen molar-refractivity contribution in [2.45, 2.75) is 19.4 Å². The third kappa shape index (κ3) is 4.35. The molecule has 1 amide bonds. The largest absolute Gasteiger partial charge is 0.503 e. The minimum atomic E-state index is -0.694. The van der Waals surface area contributed by atoms with Crippen LogP contribution in [-0.2, 0) is 4.79 Å². The van der Waals surface area contributed by atoms with Gasteiger partial charge >= 0.3 is 0 Å². The van der Waals surface area contributed by atoms with Crippen molar-refractivity contribution in [3.05, 3.63) is 65.3 Å². The highest BCUT2D eigenvalue weighted by molar-refractivity contribution is 6.15. The number of furan rings is 1. The molecule has 2 heterocycles. The van der Waals surface area contributed by atoms with Crippen molar-refractivity contribution < 1.29 is 23.8 Å². The van der Waals surface area contributed by atoms with Crippen LogP contribution in [0.3, 0.4) is 0 Å². The Morgan fingerprint density at radius 3 is 2.55 bits per heavy atom. The fourth-order valence-corrected chi connectivity index (χ4v) is 3.28. The van der Waals surface area contributed by atoms with Gasteiger partial charge in [-0.1, -0.05) is 19.1 Å². The molecule has 1 aromatic carbocycles. The number of hydrogen-bond donors (Lipinski definition) is 1. The van der Waals surface area contributed by atoms with Crippen molar-refractivity contribution in [3.8, 4) is 5.75 Å². The maximum atomic E-state index is 13.0. The van der Waals surface area contributed by atoms with Gasteiger partial charge in [0.25, 0.3) is 5.91 Å². The number of carbonyl (C=O) groups excluding carboxylic acids is 2. The van der Waals surface area contributed by atoms with Gasteiger partial charge in [0.05, 0.1) is 24.5 Å². The summed E-state index contributed by atoms with van der Waals surface area (Å²) < 4.78 is 10.8. The number of ketones is 1. The molecule has 1 N–H and O–H groups in total. The van der Waals surface area contributed by atoms with Crippen LogP contribution in [0.15, 0.2) is 58.4 Å². The summed E-state index contributed by atoms with van der Waals surface area (Å²) in [5, 5.41) is 10.6. The molecule has 0 bridgehead atoms. The molecule has 1 aromatic heterocycles. The molecule has 0 fully saturated rings. The lowest BCUT2D eigenvalue weighted by Crippen LogP contribution is -2.36. The predicted octanol–water partition coefficient (Wildman–Crippen LogP) is 3.21. The molecule has 3 rings (SSSR count). The number of ether oxygens (including phenoxy) is 1. The van der Waals surface area contributed by atoms with E-state index in [9.17, 15) is 14.7 Å². The number of nitrogens with zero attached hydrogens (tertiary/aromatic N) is 2. The predicted molar refractivity (Wildman–Crippen MR) is 108 cm³/mol. The van der Waals surface area contributed by atoms with Gasteiger partial charge in [-0.2, -0.15) is 0 Å². The number of Topliss-reactive ketones (excluding diaryl/α,β-unsaturated/α-hetero) is 1. The van der Waals surface area contributed by atoms with E-state index in [1.807, 2.05) is 50.2 Å². The van der Waals surface area contributed by atoms with Crippen molar-refractivity contribution in [3.63, 3.8) is 0 Å². The Morgan fingerprint density at radius 2 is 1.97 bits per heavy atom. The van der Waals surface area contributed by atoms with Gasteiger partial charge in [-0.25, -0.2) is 0 Å². The Bertz CT molecular complexity index is 884. The molecule has 7 heteroatoms. The summed E-state index contributed by atoms with van der Waals surface area (Å²) in [5.41, 5.74) is 0.755. The summed E-state index contributed by atoms with van der Waals surface area (Å²) in [6.07, 6.45) is 2.29. The van der Waals surface area contributed by atoms with Crippen molar-refractivity contribution in [2.75, 3.05) is 33.8 Å².